The van der Waals surface area contributed by atoms with Gasteiger partial charge in [0.05, 0.1) is 12.7 Å². The molecule has 0 bridgehead atoms. The number of nitrogens with zero attached hydrogens (tertiary/aromatic N) is 2. The summed E-state index contributed by atoms with van der Waals surface area (Å²) in [6.07, 6.45) is 4.06. The Morgan fingerprint density at radius 3 is 2.70 bits per heavy atom. The zero-order valence-corrected chi connectivity index (χ0v) is 16.0. The van der Waals surface area contributed by atoms with Crippen molar-refractivity contribution in [1.29, 1.82) is 0 Å². The Hall–Kier alpha value is -1.89. The number of β-amino-alcohol motifs (C(OH)–C–C–N with tert-alkyl or cyclic N) is 1. The number of aryl methyl sites for hydroxylation is 1. The van der Waals surface area contributed by atoms with Crippen molar-refractivity contribution in [1.82, 2.24) is 9.80 Å². The molecule has 0 radical (unpaired) electrons. The van der Waals surface area contributed by atoms with Crippen molar-refractivity contribution in [2.75, 3.05) is 32.8 Å². The van der Waals surface area contributed by atoms with Crippen LogP contribution in [0.3, 0.4) is 0 Å². The van der Waals surface area contributed by atoms with Gasteiger partial charge in [0.15, 0.2) is 0 Å². The van der Waals surface area contributed by atoms with Gasteiger partial charge in [0.2, 0.25) is 5.91 Å². The van der Waals surface area contributed by atoms with E-state index in [-0.39, 0.29) is 24.9 Å². The highest BCUT2D eigenvalue weighted by Gasteiger charge is 2.31. The molecule has 1 aromatic rings. The number of carbonyl (C=O) groups excluding carboxylic acids is 2. The fourth-order valence-electron chi connectivity index (χ4n) is 3.42. The summed E-state index contributed by atoms with van der Waals surface area (Å²) in [5.41, 5.74) is 1.01. The Labute approximate surface area is 164 Å². The molecule has 0 aromatic heterocycles. The molecule has 6 nitrogen and oxygen atoms in total. The molecule has 0 saturated carbocycles. The molecule has 146 valence electrons. The van der Waals surface area contributed by atoms with Crippen molar-refractivity contribution in [3.8, 4) is 0 Å². The maximum absolute atomic E-state index is 12.6. The first-order valence-corrected chi connectivity index (χ1v) is 9.66. The summed E-state index contributed by atoms with van der Waals surface area (Å²) < 4.78 is 5.49. The number of ether oxygens (including phenoxy) is 1. The number of hydrogen-bond acceptors (Lipinski definition) is 4. The van der Waals surface area contributed by atoms with Crippen LogP contribution in [0.25, 0.3) is 0 Å². The molecular formula is C20H25ClN2O4. The summed E-state index contributed by atoms with van der Waals surface area (Å²) in [7, 11) is 0. The minimum atomic E-state index is -0.759. The monoisotopic (exact) mass is 392 g/mol. The Balaban J connectivity index is 1.54. The molecule has 2 unspecified atom stereocenters. The normalized spacial score (nSPS) is 23.2. The first-order chi connectivity index (χ1) is 13.0. The third-order valence-corrected chi connectivity index (χ3v) is 5.10. The van der Waals surface area contributed by atoms with E-state index in [0.29, 0.717) is 44.0 Å². The predicted molar refractivity (Wildman–Crippen MR) is 102 cm³/mol. The Bertz CT molecular complexity index is 709. The molecule has 27 heavy (non-hydrogen) atoms. The first kappa shape index (κ1) is 19.9. The highest BCUT2D eigenvalue weighted by molar-refractivity contribution is 6.30. The molecule has 2 heterocycles. The topological polar surface area (TPSA) is 70.1 Å². The molecule has 7 heteroatoms. The van der Waals surface area contributed by atoms with Gasteiger partial charge in [-0.1, -0.05) is 35.9 Å². The number of aliphatic hydroxyl groups excluding tert-OH is 1. The van der Waals surface area contributed by atoms with Crippen LogP contribution >= 0.6 is 11.6 Å². The van der Waals surface area contributed by atoms with Crippen molar-refractivity contribution >= 4 is 23.4 Å². The maximum Gasteiger partial charge on any atom is 0.252 e. The zero-order valence-electron chi connectivity index (χ0n) is 15.2. The molecular weight excluding hydrogens is 368 g/mol. The highest BCUT2D eigenvalue weighted by atomic mass is 35.5. The average Bonchev–Trinajstić information content (AvgIpc) is 2.88. The van der Waals surface area contributed by atoms with Gasteiger partial charge in [-0.15, -0.1) is 0 Å². The molecule has 1 aromatic carbocycles. The van der Waals surface area contributed by atoms with E-state index in [1.54, 1.807) is 15.9 Å². The molecule has 2 atom stereocenters. The third-order valence-electron chi connectivity index (χ3n) is 4.87. The van der Waals surface area contributed by atoms with E-state index in [0.717, 1.165) is 5.56 Å². The van der Waals surface area contributed by atoms with Gasteiger partial charge in [0.25, 0.3) is 5.91 Å². The first-order valence-electron chi connectivity index (χ1n) is 9.28. The van der Waals surface area contributed by atoms with Crippen LogP contribution in [-0.4, -0.2) is 71.7 Å². The lowest BCUT2D eigenvalue weighted by Crippen LogP contribution is -2.44. The van der Waals surface area contributed by atoms with Crippen molar-refractivity contribution in [2.24, 2.45) is 0 Å². The van der Waals surface area contributed by atoms with Crippen molar-refractivity contribution in [2.45, 2.75) is 31.5 Å². The van der Waals surface area contributed by atoms with Gasteiger partial charge in [-0.2, -0.15) is 0 Å². The SMILES string of the molecule is O=C(CCc1cccc(Cl)c1)N1CCN(C(=O)C2CC=CCO2)CC(O)C1. The molecule has 1 N–H and O–H groups in total. The smallest absolute Gasteiger partial charge is 0.252 e. The minimum Gasteiger partial charge on any atom is -0.389 e. The lowest BCUT2D eigenvalue weighted by atomic mass is 10.1. The quantitative estimate of drug-likeness (QED) is 0.791. The Morgan fingerprint density at radius 2 is 1.96 bits per heavy atom. The fourth-order valence-corrected chi connectivity index (χ4v) is 3.64. The number of benzene rings is 1. The second-order valence-corrected chi connectivity index (χ2v) is 7.37. The largest absolute Gasteiger partial charge is 0.389 e. The summed E-state index contributed by atoms with van der Waals surface area (Å²) in [6.45, 7) is 1.72. The van der Waals surface area contributed by atoms with Gasteiger partial charge >= 0.3 is 0 Å². The number of carbonyl (C=O) groups is 2. The minimum absolute atomic E-state index is 0.0276. The summed E-state index contributed by atoms with van der Waals surface area (Å²) in [5.74, 6) is -0.146. The van der Waals surface area contributed by atoms with E-state index in [4.69, 9.17) is 16.3 Å². The average molecular weight is 393 g/mol. The van der Waals surface area contributed by atoms with Crippen LogP contribution in [0.4, 0.5) is 0 Å². The number of halogens is 1. The van der Waals surface area contributed by atoms with Gasteiger partial charge in [0, 0.05) is 44.0 Å². The van der Waals surface area contributed by atoms with Crippen LogP contribution in [0.1, 0.15) is 18.4 Å². The third kappa shape index (κ3) is 5.54. The van der Waals surface area contributed by atoms with Crippen LogP contribution < -0.4 is 0 Å². The predicted octanol–water partition coefficient (Wildman–Crippen LogP) is 1.65. The zero-order chi connectivity index (χ0) is 19.2. The van der Waals surface area contributed by atoms with Gasteiger partial charge in [-0.25, -0.2) is 0 Å². The van der Waals surface area contributed by atoms with E-state index >= 15 is 0 Å². The number of amides is 2. The fraction of sp³-hybridized carbons (Fsp3) is 0.500. The standard InChI is InChI=1S/C20H25ClN2O4/c21-16-5-3-4-15(12-16)7-8-19(25)22-9-10-23(14-17(24)13-22)20(26)18-6-1-2-11-27-18/h1-5,12,17-18,24H,6-11,13-14H2. The van der Waals surface area contributed by atoms with Gasteiger partial charge in [-0.3, -0.25) is 9.59 Å². The van der Waals surface area contributed by atoms with Crippen molar-refractivity contribution < 1.29 is 19.4 Å². The Kier molecular flexibility index (Phi) is 6.88. The van der Waals surface area contributed by atoms with E-state index in [1.807, 2.05) is 30.4 Å². The summed E-state index contributed by atoms with van der Waals surface area (Å²) >= 11 is 5.98. The number of hydrogen-bond donors (Lipinski definition) is 1. The van der Waals surface area contributed by atoms with E-state index in [1.165, 1.54) is 0 Å². The van der Waals surface area contributed by atoms with Crippen LogP contribution in [0.15, 0.2) is 36.4 Å². The van der Waals surface area contributed by atoms with Gasteiger partial charge in [-0.05, 0) is 24.1 Å². The lowest BCUT2D eigenvalue weighted by molar-refractivity contribution is -0.144. The molecule has 2 aliphatic rings. The highest BCUT2D eigenvalue weighted by Crippen LogP contribution is 2.15. The van der Waals surface area contributed by atoms with E-state index in [9.17, 15) is 14.7 Å². The van der Waals surface area contributed by atoms with Crippen LogP contribution in [0, 0.1) is 0 Å². The number of rotatable bonds is 4. The molecule has 2 amide bonds. The van der Waals surface area contributed by atoms with Crippen LogP contribution in [0.5, 0.6) is 0 Å². The second-order valence-electron chi connectivity index (χ2n) is 6.94. The van der Waals surface area contributed by atoms with E-state index < -0.39 is 12.2 Å². The molecule has 0 aliphatic carbocycles. The lowest BCUT2D eigenvalue weighted by Gasteiger charge is -2.27. The number of aliphatic hydroxyl groups is 1. The summed E-state index contributed by atoms with van der Waals surface area (Å²) in [5, 5.41) is 10.9. The van der Waals surface area contributed by atoms with Crippen molar-refractivity contribution in [3.05, 3.63) is 47.0 Å². The molecule has 0 spiro atoms. The summed E-state index contributed by atoms with van der Waals surface area (Å²) in [4.78, 5) is 28.4. The van der Waals surface area contributed by atoms with Crippen LogP contribution in [-0.2, 0) is 20.7 Å². The second kappa shape index (κ2) is 9.35. The van der Waals surface area contributed by atoms with Crippen LogP contribution in [0.2, 0.25) is 5.02 Å². The summed E-state index contributed by atoms with van der Waals surface area (Å²) in [6, 6.07) is 7.46. The Morgan fingerprint density at radius 1 is 1.19 bits per heavy atom. The molecule has 1 fully saturated rings. The van der Waals surface area contributed by atoms with Crippen molar-refractivity contribution in [3.63, 3.8) is 0 Å². The van der Waals surface area contributed by atoms with Gasteiger partial charge < -0.3 is 19.6 Å². The van der Waals surface area contributed by atoms with Gasteiger partial charge in [0.1, 0.15) is 6.10 Å². The van der Waals surface area contributed by atoms with E-state index in [2.05, 4.69) is 0 Å². The molecule has 1 saturated heterocycles. The molecule has 3 rings (SSSR count). The maximum atomic E-state index is 12.6. The molecule has 2 aliphatic heterocycles.